The van der Waals surface area contributed by atoms with Crippen molar-refractivity contribution in [3.63, 3.8) is 0 Å². The number of hydrogen-bond acceptors (Lipinski definition) is 4. The summed E-state index contributed by atoms with van der Waals surface area (Å²) in [7, 11) is 1.46. The monoisotopic (exact) mass is 254 g/mol. The minimum absolute atomic E-state index is 0.0975. The number of nitrogens with zero attached hydrogens (tertiary/aromatic N) is 1. The van der Waals surface area contributed by atoms with Gasteiger partial charge in [-0.25, -0.2) is 0 Å². The van der Waals surface area contributed by atoms with Crippen molar-refractivity contribution >= 4 is 5.97 Å². The molecule has 0 aromatic rings. The second-order valence-electron chi connectivity index (χ2n) is 5.99. The van der Waals surface area contributed by atoms with E-state index in [4.69, 9.17) is 10.5 Å². The smallest absolute Gasteiger partial charge is 0.305 e. The van der Waals surface area contributed by atoms with E-state index in [-0.39, 0.29) is 12.0 Å². The summed E-state index contributed by atoms with van der Waals surface area (Å²) in [5.41, 5.74) is 6.13. The average Bonchev–Trinajstić information content (AvgIpc) is 2.30. The molecule has 0 aromatic heterocycles. The SMILES string of the molecule is COC(=O)CCC1CC(N)CN(CC2CCC2)C1. The number of ether oxygens (including phenoxy) is 1. The molecule has 1 saturated heterocycles. The van der Waals surface area contributed by atoms with Crippen LogP contribution in [-0.2, 0) is 9.53 Å². The van der Waals surface area contributed by atoms with Crippen molar-refractivity contribution in [3.05, 3.63) is 0 Å². The quantitative estimate of drug-likeness (QED) is 0.753. The largest absolute Gasteiger partial charge is 0.469 e. The van der Waals surface area contributed by atoms with Crippen molar-refractivity contribution < 1.29 is 9.53 Å². The maximum absolute atomic E-state index is 11.2. The van der Waals surface area contributed by atoms with E-state index in [2.05, 4.69) is 4.90 Å². The van der Waals surface area contributed by atoms with E-state index >= 15 is 0 Å². The predicted octanol–water partition coefficient (Wildman–Crippen LogP) is 1.39. The molecule has 4 nitrogen and oxygen atoms in total. The molecule has 2 atom stereocenters. The van der Waals surface area contributed by atoms with Gasteiger partial charge in [0.05, 0.1) is 7.11 Å². The third-order valence-electron chi connectivity index (χ3n) is 4.37. The second kappa shape index (κ2) is 6.53. The molecule has 0 spiro atoms. The first-order valence-corrected chi connectivity index (χ1v) is 7.22. The van der Waals surface area contributed by atoms with Crippen LogP contribution in [0, 0.1) is 11.8 Å². The zero-order valence-corrected chi connectivity index (χ0v) is 11.4. The van der Waals surface area contributed by atoms with Gasteiger partial charge in [-0.1, -0.05) is 6.42 Å². The zero-order valence-electron chi connectivity index (χ0n) is 11.4. The van der Waals surface area contributed by atoms with Gasteiger partial charge in [-0.3, -0.25) is 4.79 Å². The van der Waals surface area contributed by atoms with E-state index in [0.29, 0.717) is 12.3 Å². The van der Waals surface area contributed by atoms with E-state index in [0.717, 1.165) is 31.8 Å². The summed E-state index contributed by atoms with van der Waals surface area (Å²) in [4.78, 5) is 13.7. The minimum atomic E-state index is -0.0975. The van der Waals surface area contributed by atoms with Crippen molar-refractivity contribution in [2.24, 2.45) is 17.6 Å². The molecule has 1 aliphatic carbocycles. The first-order valence-electron chi connectivity index (χ1n) is 7.22. The molecule has 2 unspecified atom stereocenters. The summed E-state index contributed by atoms with van der Waals surface area (Å²) in [6.07, 6.45) is 6.68. The standard InChI is InChI=1S/C14H26N2O2/c1-18-14(17)6-5-12-7-13(15)10-16(9-12)8-11-3-2-4-11/h11-13H,2-10,15H2,1H3. The number of carbonyl (C=O) groups is 1. The number of likely N-dealkylation sites (tertiary alicyclic amines) is 1. The van der Waals surface area contributed by atoms with E-state index in [1.165, 1.54) is 32.9 Å². The first-order chi connectivity index (χ1) is 8.67. The Morgan fingerprint density at radius 2 is 2.11 bits per heavy atom. The lowest BCUT2D eigenvalue weighted by Gasteiger charge is -2.40. The maximum Gasteiger partial charge on any atom is 0.305 e. The van der Waals surface area contributed by atoms with Crippen molar-refractivity contribution in [3.8, 4) is 0 Å². The van der Waals surface area contributed by atoms with Gasteiger partial charge in [0.2, 0.25) is 0 Å². The van der Waals surface area contributed by atoms with Crippen LogP contribution >= 0.6 is 0 Å². The highest BCUT2D eigenvalue weighted by atomic mass is 16.5. The maximum atomic E-state index is 11.2. The molecule has 2 N–H and O–H groups in total. The van der Waals surface area contributed by atoms with E-state index in [1.54, 1.807) is 0 Å². The van der Waals surface area contributed by atoms with Gasteiger partial charge in [-0.15, -0.1) is 0 Å². The normalized spacial score (nSPS) is 29.9. The molecular formula is C14H26N2O2. The van der Waals surface area contributed by atoms with Crippen LogP contribution in [0.5, 0.6) is 0 Å². The average molecular weight is 254 g/mol. The topological polar surface area (TPSA) is 55.6 Å². The van der Waals surface area contributed by atoms with Crippen molar-refractivity contribution in [1.82, 2.24) is 4.90 Å². The third-order valence-corrected chi connectivity index (χ3v) is 4.37. The van der Waals surface area contributed by atoms with Crippen LogP contribution in [0.25, 0.3) is 0 Å². The van der Waals surface area contributed by atoms with Gasteiger partial charge >= 0.3 is 5.97 Å². The highest BCUT2D eigenvalue weighted by Crippen LogP contribution is 2.29. The molecule has 18 heavy (non-hydrogen) atoms. The lowest BCUT2D eigenvalue weighted by molar-refractivity contribution is -0.141. The Morgan fingerprint density at radius 3 is 2.72 bits per heavy atom. The zero-order chi connectivity index (χ0) is 13.0. The van der Waals surface area contributed by atoms with Gasteiger partial charge in [0.15, 0.2) is 0 Å². The summed E-state index contributed by atoms with van der Waals surface area (Å²) in [6, 6.07) is 0.279. The van der Waals surface area contributed by atoms with Crippen molar-refractivity contribution in [2.45, 2.75) is 44.6 Å². The molecule has 1 saturated carbocycles. The molecule has 0 amide bonds. The Balaban J connectivity index is 1.74. The molecule has 104 valence electrons. The summed E-state index contributed by atoms with van der Waals surface area (Å²) >= 11 is 0. The third kappa shape index (κ3) is 3.95. The number of methoxy groups -OCH3 is 1. The van der Waals surface area contributed by atoms with Gasteiger partial charge in [-0.05, 0) is 37.5 Å². The molecule has 1 heterocycles. The van der Waals surface area contributed by atoms with Crippen LogP contribution in [0.3, 0.4) is 0 Å². The number of carbonyl (C=O) groups excluding carboxylic acids is 1. The van der Waals surface area contributed by atoms with Crippen LogP contribution in [0.4, 0.5) is 0 Å². The van der Waals surface area contributed by atoms with Gasteiger partial charge in [0.1, 0.15) is 0 Å². The fourth-order valence-electron chi connectivity index (χ4n) is 3.17. The van der Waals surface area contributed by atoms with Crippen LogP contribution in [0.2, 0.25) is 0 Å². The number of hydrogen-bond donors (Lipinski definition) is 1. The first kappa shape index (κ1) is 13.8. The highest BCUT2D eigenvalue weighted by Gasteiger charge is 2.28. The lowest BCUT2D eigenvalue weighted by Crippen LogP contribution is -2.49. The number of rotatable bonds is 5. The molecular weight excluding hydrogens is 228 g/mol. The Bertz CT molecular complexity index is 279. The molecule has 0 radical (unpaired) electrons. The molecule has 2 fully saturated rings. The van der Waals surface area contributed by atoms with Crippen LogP contribution in [-0.4, -0.2) is 43.7 Å². The fraction of sp³-hybridized carbons (Fsp3) is 0.929. The minimum Gasteiger partial charge on any atom is -0.469 e. The Labute approximate surface area is 110 Å². The van der Waals surface area contributed by atoms with Crippen LogP contribution in [0.15, 0.2) is 0 Å². The number of piperidine rings is 1. The predicted molar refractivity (Wildman–Crippen MR) is 71.1 cm³/mol. The Morgan fingerprint density at radius 1 is 1.33 bits per heavy atom. The fourth-order valence-corrected chi connectivity index (χ4v) is 3.17. The van der Waals surface area contributed by atoms with E-state index in [1.807, 2.05) is 0 Å². The van der Waals surface area contributed by atoms with Gasteiger partial charge in [-0.2, -0.15) is 0 Å². The highest BCUT2D eigenvalue weighted by molar-refractivity contribution is 5.69. The summed E-state index contributed by atoms with van der Waals surface area (Å²) < 4.78 is 4.70. The Hall–Kier alpha value is -0.610. The molecule has 0 aromatic carbocycles. The molecule has 4 heteroatoms. The molecule has 0 bridgehead atoms. The number of nitrogens with two attached hydrogens (primary N) is 1. The van der Waals surface area contributed by atoms with Gasteiger partial charge in [0.25, 0.3) is 0 Å². The summed E-state index contributed by atoms with van der Waals surface area (Å²) in [6.45, 7) is 3.36. The van der Waals surface area contributed by atoms with E-state index in [9.17, 15) is 4.79 Å². The van der Waals surface area contributed by atoms with Gasteiger partial charge in [0, 0.05) is 32.1 Å². The van der Waals surface area contributed by atoms with E-state index < -0.39 is 0 Å². The molecule has 2 aliphatic rings. The summed E-state index contributed by atoms with van der Waals surface area (Å²) in [5, 5.41) is 0. The molecule has 1 aliphatic heterocycles. The molecule has 2 rings (SSSR count). The summed E-state index contributed by atoms with van der Waals surface area (Å²) in [5.74, 6) is 1.36. The van der Waals surface area contributed by atoms with Crippen LogP contribution < -0.4 is 5.73 Å². The van der Waals surface area contributed by atoms with Crippen molar-refractivity contribution in [1.29, 1.82) is 0 Å². The second-order valence-corrected chi connectivity index (χ2v) is 5.99. The Kier molecular flexibility index (Phi) is 5.01. The van der Waals surface area contributed by atoms with Crippen molar-refractivity contribution in [2.75, 3.05) is 26.7 Å². The number of esters is 1. The lowest BCUT2D eigenvalue weighted by atomic mass is 9.83. The van der Waals surface area contributed by atoms with Crippen LogP contribution in [0.1, 0.15) is 38.5 Å². The van der Waals surface area contributed by atoms with Gasteiger partial charge < -0.3 is 15.4 Å².